The Hall–Kier alpha value is -0.160. The predicted octanol–water partition coefficient (Wildman–Crippen LogP) is -1.55. The molecular formula is C7H15NO3. The number of hydrogen-bond donors (Lipinski definition) is 4. The highest BCUT2D eigenvalue weighted by atomic mass is 16.4. The van der Waals surface area contributed by atoms with Gasteiger partial charge >= 0.3 is 0 Å². The second kappa shape index (κ2) is 3.49. The molecular weight excluding hydrogens is 146 g/mol. The predicted molar refractivity (Wildman–Crippen MR) is 40.1 cm³/mol. The van der Waals surface area contributed by atoms with Gasteiger partial charge in [-0.25, -0.2) is 0 Å². The molecule has 4 heteroatoms. The van der Waals surface area contributed by atoms with Crippen molar-refractivity contribution in [2.75, 3.05) is 6.54 Å². The minimum absolute atomic E-state index is 0.0894. The van der Waals surface area contributed by atoms with E-state index in [0.29, 0.717) is 6.54 Å². The number of hydrogen-bond acceptors (Lipinski definition) is 4. The minimum atomic E-state index is -0.999. The number of aliphatic hydroxyl groups is 3. The first kappa shape index (κ1) is 8.93. The van der Waals surface area contributed by atoms with Crippen LogP contribution in [0.25, 0.3) is 0 Å². The van der Waals surface area contributed by atoms with Crippen LogP contribution >= 0.6 is 0 Å². The van der Waals surface area contributed by atoms with Crippen LogP contribution in [0.3, 0.4) is 0 Å². The summed E-state index contributed by atoms with van der Waals surface area (Å²) in [7, 11) is 0. The fourth-order valence-electron chi connectivity index (χ4n) is 1.37. The lowest BCUT2D eigenvalue weighted by atomic mass is 9.95. The van der Waals surface area contributed by atoms with Crippen molar-refractivity contribution in [2.45, 2.75) is 37.7 Å². The summed E-state index contributed by atoms with van der Waals surface area (Å²) in [5, 5.41) is 30.6. The van der Waals surface area contributed by atoms with Crippen LogP contribution in [0.1, 0.15) is 13.3 Å². The molecule has 0 aromatic heterocycles. The van der Waals surface area contributed by atoms with Crippen molar-refractivity contribution in [3.05, 3.63) is 0 Å². The van der Waals surface area contributed by atoms with Crippen LogP contribution in [-0.2, 0) is 0 Å². The SMILES string of the molecule is CC[C@H]1NC[C@H](O)[C@@H](O)[C@H]1O. The number of nitrogens with one attached hydrogen (secondary N) is 1. The Morgan fingerprint density at radius 3 is 2.45 bits per heavy atom. The van der Waals surface area contributed by atoms with E-state index in [-0.39, 0.29) is 6.04 Å². The Morgan fingerprint density at radius 1 is 1.27 bits per heavy atom. The standard InChI is InChI=1S/C7H15NO3/c1-2-4-6(10)7(11)5(9)3-8-4/h4-11H,2-3H2,1H3/t4-,5+,6+,7-/m1/s1. The topological polar surface area (TPSA) is 72.7 Å². The Kier molecular flexibility index (Phi) is 2.84. The van der Waals surface area contributed by atoms with Gasteiger partial charge in [0.25, 0.3) is 0 Å². The van der Waals surface area contributed by atoms with E-state index in [2.05, 4.69) is 5.32 Å². The van der Waals surface area contributed by atoms with Crippen molar-refractivity contribution in [2.24, 2.45) is 0 Å². The first-order valence-corrected chi connectivity index (χ1v) is 3.94. The molecule has 0 saturated carbocycles. The zero-order valence-electron chi connectivity index (χ0n) is 6.57. The van der Waals surface area contributed by atoms with Crippen molar-refractivity contribution in [1.82, 2.24) is 5.32 Å². The van der Waals surface area contributed by atoms with E-state index >= 15 is 0 Å². The van der Waals surface area contributed by atoms with Gasteiger partial charge in [-0.3, -0.25) is 0 Å². The van der Waals surface area contributed by atoms with Crippen LogP contribution in [0, 0.1) is 0 Å². The maximum Gasteiger partial charge on any atom is 0.108 e. The molecule has 1 aliphatic heterocycles. The van der Waals surface area contributed by atoms with Crippen molar-refractivity contribution >= 4 is 0 Å². The van der Waals surface area contributed by atoms with Gasteiger partial charge in [-0.2, -0.15) is 0 Å². The van der Waals surface area contributed by atoms with E-state index in [1.54, 1.807) is 0 Å². The monoisotopic (exact) mass is 161 g/mol. The molecule has 0 aromatic carbocycles. The summed E-state index contributed by atoms with van der Waals surface area (Å²) in [5.74, 6) is 0. The normalized spacial score (nSPS) is 45.8. The zero-order valence-corrected chi connectivity index (χ0v) is 6.57. The number of aliphatic hydroxyl groups excluding tert-OH is 3. The third kappa shape index (κ3) is 1.70. The minimum Gasteiger partial charge on any atom is -0.389 e. The van der Waals surface area contributed by atoms with E-state index in [4.69, 9.17) is 5.11 Å². The fourth-order valence-corrected chi connectivity index (χ4v) is 1.37. The molecule has 0 radical (unpaired) electrons. The molecule has 0 unspecified atom stereocenters. The van der Waals surface area contributed by atoms with Gasteiger partial charge in [-0.1, -0.05) is 6.92 Å². The van der Waals surface area contributed by atoms with Gasteiger partial charge in [0.05, 0.1) is 12.2 Å². The molecule has 1 aliphatic rings. The molecule has 4 N–H and O–H groups in total. The molecule has 0 aromatic rings. The summed E-state index contributed by atoms with van der Waals surface area (Å²) < 4.78 is 0. The molecule has 1 rings (SSSR count). The molecule has 0 bridgehead atoms. The molecule has 1 fully saturated rings. The lowest BCUT2D eigenvalue weighted by molar-refractivity contribution is -0.0943. The average Bonchev–Trinajstić information content (AvgIpc) is 2.01. The first-order chi connectivity index (χ1) is 5.16. The van der Waals surface area contributed by atoms with E-state index in [0.717, 1.165) is 6.42 Å². The van der Waals surface area contributed by atoms with Crippen LogP contribution in [-0.4, -0.2) is 46.2 Å². The van der Waals surface area contributed by atoms with Crippen LogP contribution in [0.5, 0.6) is 0 Å². The smallest absolute Gasteiger partial charge is 0.108 e. The van der Waals surface area contributed by atoms with Crippen LogP contribution in [0.2, 0.25) is 0 Å². The highest BCUT2D eigenvalue weighted by Crippen LogP contribution is 2.12. The largest absolute Gasteiger partial charge is 0.389 e. The van der Waals surface area contributed by atoms with Crippen molar-refractivity contribution in [3.8, 4) is 0 Å². The molecule has 0 spiro atoms. The van der Waals surface area contributed by atoms with Gasteiger partial charge in [0.1, 0.15) is 6.10 Å². The zero-order chi connectivity index (χ0) is 8.43. The van der Waals surface area contributed by atoms with Gasteiger partial charge in [-0.15, -0.1) is 0 Å². The van der Waals surface area contributed by atoms with E-state index < -0.39 is 18.3 Å². The van der Waals surface area contributed by atoms with Crippen molar-refractivity contribution in [1.29, 1.82) is 0 Å². The number of β-amino-alcohol motifs (C(OH)–C–C–N with tert-alkyl or cyclic N) is 1. The van der Waals surface area contributed by atoms with Gasteiger partial charge in [0.2, 0.25) is 0 Å². The summed E-state index contributed by atoms with van der Waals surface area (Å²) in [4.78, 5) is 0. The molecule has 0 aliphatic carbocycles. The van der Waals surface area contributed by atoms with Crippen molar-refractivity contribution < 1.29 is 15.3 Å². The maximum absolute atomic E-state index is 9.34. The van der Waals surface area contributed by atoms with E-state index in [9.17, 15) is 10.2 Å². The highest BCUT2D eigenvalue weighted by Gasteiger charge is 2.34. The number of piperidine rings is 1. The third-order valence-electron chi connectivity index (χ3n) is 2.19. The van der Waals surface area contributed by atoms with Crippen LogP contribution < -0.4 is 5.32 Å². The summed E-state index contributed by atoms with van der Waals surface area (Å²) in [5.41, 5.74) is 0. The van der Waals surface area contributed by atoms with Gasteiger partial charge in [-0.05, 0) is 6.42 Å². The number of rotatable bonds is 1. The molecule has 66 valence electrons. The second-order valence-electron chi connectivity index (χ2n) is 2.97. The average molecular weight is 161 g/mol. The molecule has 1 heterocycles. The first-order valence-electron chi connectivity index (χ1n) is 3.94. The third-order valence-corrected chi connectivity index (χ3v) is 2.19. The molecule has 4 atom stereocenters. The Balaban J connectivity index is 2.52. The molecule has 0 amide bonds. The highest BCUT2D eigenvalue weighted by molar-refractivity contribution is 4.91. The molecule has 1 saturated heterocycles. The fraction of sp³-hybridized carbons (Fsp3) is 1.00. The summed E-state index contributed by atoms with van der Waals surface area (Å²) >= 11 is 0. The lowest BCUT2D eigenvalue weighted by Crippen LogP contribution is -2.59. The van der Waals surface area contributed by atoms with Crippen molar-refractivity contribution in [3.63, 3.8) is 0 Å². The second-order valence-corrected chi connectivity index (χ2v) is 2.97. The maximum atomic E-state index is 9.34. The Morgan fingerprint density at radius 2 is 1.91 bits per heavy atom. The van der Waals surface area contributed by atoms with Gasteiger partial charge in [0, 0.05) is 12.6 Å². The molecule has 11 heavy (non-hydrogen) atoms. The van der Waals surface area contributed by atoms with Crippen LogP contribution in [0.4, 0.5) is 0 Å². The van der Waals surface area contributed by atoms with Crippen LogP contribution in [0.15, 0.2) is 0 Å². The summed E-state index contributed by atoms with van der Waals surface area (Å²) in [6, 6.07) is -0.0894. The van der Waals surface area contributed by atoms with Gasteiger partial charge < -0.3 is 20.6 Å². The summed E-state index contributed by atoms with van der Waals surface area (Å²) in [6.07, 6.45) is -1.93. The molecule has 4 nitrogen and oxygen atoms in total. The lowest BCUT2D eigenvalue weighted by Gasteiger charge is -2.35. The van der Waals surface area contributed by atoms with E-state index in [1.807, 2.05) is 6.92 Å². The van der Waals surface area contributed by atoms with Gasteiger partial charge in [0.15, 0.2) is 0 Å². The van der Waals surface area contributed by atoms with E-state index in [1.165, 1.54) is 0 Å². The summed E-state index contributed by atoms with van der Waals surface area (Å²) in [6.45, 7) is 2.28. The quantitative estimate of drug-likeness (QED) is 0.376. The Bertz CT molecular complexity index is 129. The Labute approximate surface area is 65.9 Å².